The second kappa shape index (κ2) is 10.6. The van der Waals surface area contributed by atoms with Crippen molar-refractivity contribution in [2.45, 2.75) is 20.8 Å². The molecule has 0 unspecified atom stereocenters. The number of amides is 1. The molecule has 0 spiro atoms. The van der Waals surface area contributed by atoms with Crippen molar-refractivity contribution in [1.29, 1.82) is 0 Å². The molecule has 0 N–H and O–H groups in total. The van der Waals surface area contributed by atoms with Gasteiger partial charge in [-0.25, -0.2) is 9.79 Å². The molecule has 0 radical (unpaired) electrons. The van der Waals surface area contributed by atoms with Gasteiger partial charge in [0.1, 0.15) is 5.75 Å². The predicted octanol–water partition coefficient (Wildman–Crippen LogP) is 5.32. The van der Waals surface area contributed by atoms with E-state index in [0.717, 1.165) is 16.8 Å². The minimum absolute atomic E-state index is 0.0721. The summed E-state index contributed by atoms with van der Waals surface area (Å²) in [7, 11) is 0. The Kier molecular flexibility index (Phi) is 7.92. The monoisotopic (exact) mass is 502 g/mol. The second-order valence-corrected chi connectivity index (χ2v) is 8.54. The van der Waals surface area contributed by atoms with Gasteiger partial charge in [-0.05, 0) is 84.4 Å². The molecule has 1 amide bonds. The fourth-order valence-electron chi connectivity index (χ4n) is 2.81. The first-order valence-electron chi connectivity index (χ1n) is 9.86. The van der Waals surface area contributed by atoms with Crippen LogP contribution in [0.15, 0.2) is 56.8 Å². The summed E-state index contributed by atoms with van der Waals surface area (Å²) in [4.78, 5) is 31.2. The van der Waals surface area contributed by atoms with E-state index >= 15 is 0 Å². The molecule has 0 saturated carbocycles. The summed E-state index contributed by atoms with van der Waals surface area (Å²) in [6, 6.07) is 13.3. The first-order valence-corrected chi connectivity index (χ1v) is 11.5. The molecule has 0 atom stereocenters. The summed E-state index contributed by atoms with van der Waals surface area (Å²) in [5, 5.41) is 0.663. The maximum Gasteiger partial charge on any atom is 0.344 e. The van der Waals surface area contributed by atoms with E-state index < -0.39 is 5.97 Å². The molecule has 2 aromatic rings. The van der Waals surface area contributed by atoms with Crippen molar-refractivity contribution in [2.75, 3.05) is 19.8 Å². The Balaban J connectivity index is 1.78. The first-order chi connectivity index (χ1) is 14.9. The highest BCUT2D eigenvalue weighted by atomic mass is 79.9. The molecule has 1 aliphatic heterocycles. The van der Waals surface area contributed by atoms with Crippen LogP contribution < -0.4 is 4.74 Å². The van der Waals surface area contributed by atoms with Crippen LogP contribution in [0.2, 0.25) is 0 Å². The normalized spacial score (nSPS) is 16.3. The average molecular weight is 503 g/mol. The van der Waals surface area contributed by atoms with Crippen LogP contribution in [0.1, 0.15) is 25.0 Å². The Bertz CT molecular complexity index is 1030. The summed E-state index contributed by atoms with van der Waals surface area (Å²) in [5.41, 5.74) is 2.80. The highest BCUT2D eigenvalue weighted by Crippen LogP contribution is 2.35. The number of halogens is 1. The maximum absolute atomic E-state index is 12.9. The van der Waals surface area contributed by atoms with Crippen molar-refractivity contribution >= 4 is 56.5 Å². The van der Waals surface area contributed by atoms with Crippen molar-refractivity contribution in [3.63, 3.8) is 0 Å². The van der Waals surface area contributed by atoms with Crippen LogP contribution in [0.4, 0.5) is 5.69 Å². The number of aliphatic imine (C=N–C) groups is 1. The lowest BCUT2D eigenvalue weighted by atomic mass is 10.2. The van der Waals surface area contributed by atoms with Crippen LogP contribution in [-0.2, 0) is 14.3 Å². The topological polar surface area (TPSA) is 68.2 Å². The van der Waals surface area contributed by atoms with Crippen LogP contribution in [0, 0.1) is 6.92 Å². The number of ether oxygens (including phenoxy) is 2. The van der Waals surface area contributed by atoms with Gasteiger partial charge in [-0.3, -0.25) is 9.69 Å². The molecule has 1 saturated heterocycles. The minimum atomic E-state index is -0.423. The third-order valence-electron chi connectivity index (χ3n) is 4.37. The van der Waals surface area contributed by atoms with Gasteiger partial charge in [0.25, 0.3) is 5.91 Å². The van der Waals surface area contributed by atoms with Gasteiger partial charge in [-0.15, -0.1) is 0 Å². The maximum atomic E-state index is 12.9. The molecular formula is C23H23BrN2O4S. The molecular weight excluding hydrogens is 480 g/mol. The first kappa shape index (κ1) is 23.1. The molecule has 6 nitrogen and oxygen atoms in total. The summed E-state index contributed by atoms with van der Waals surface area (Å²) in [6.45, 7) is 6.39. The van der Waals surface area contributed by atoms with Gasteiger partial charge in [0, 0.05) is 6.54 Å². The number of likely N-dealkylation sites (N-methyl/N-ethyl adjacent to an activating group) is 1. The van der Waals surface area contributed by atoms with Crippen LogP contribution in [0.3, 0.4) is 0 Å². The lowest BCUT2D eigenvalue weighted by molar-refractivity contribution is -0.145. The fourth-order valence-corrected chi connectivity index (χ4v) is 4.39. The zero-order valence-corrected chi connectivity index (χ0v) is 20.0. The Hall–Kier alpha value is -2.58. The number of thioether (sulfide) groups is 1. The summed E-state index contributed by atoms with van der Waals surface area (Å²) in [6.07, 6.45) is 1.83. The zero-order chi connectivity index (χ0) is 22.4. The van der Waals surface area contributed by atoms with E-state index in [1.807, 2.05) is 56.3 Å². The molecule has 2 aromatic carbocycles. The van der Waals surface area contributed by atoms with Gasteiger partial charge in [0.2, 0.25) is 0 Å². The number of carbonyl (C=O) groups excluding carboxylic acids is 2. The van der Waals surface area contributed by atoms with Gasteiger partial charge >= 0.3 is 5.97 Å². The van der Waals surface area contributed by atoms with Gasteiger partial charge in [0.15, 0.2) is 11.8 Å². The lowest BCUT2D eigenvalue weighted by Gasteiger charge is -2.12. The largest absolute Gasteiger partial charge is 0.481 e. The number of carbonyl (C=O) groups is 2. The zero-order valence-electron chi connectivity index (χ0n) is 17.6. The molecule has 3 rings (SSSR count). The molecule has 1 aliphatic rings. The molecule has 31 heavy (non-hydrogen) atoms. The van der Waals surface area contributed by atoms with E-state index in [9.17, 15) is 9.59 Å². The number of rotatable bonds is 7. The Morgan fingerprint density at radius 2 is 1.94 bits per heavy atom. The van der Waals surface area contributed by atoms with E-state index in [-0.39, 0.29) is 12.5 Å². The number of aryl methyl sites for hydroxylation is 1. The third-order valence-corrected chi connectivity index (χ3v) is 5.99. The summed E-state index contributed by atoms with van der Waals surface area (Å²) >= 11 is 4.81. The van der Waals surface area contributed by atoms with Gasteiger partial charge in [0.05, 0.1) is 21.7 Å². The van der Waals surface area contributed by atoms with E-state index in [1.165, 1.54) is 11.8 Å². The minimum Gasteiger partial charge on any atom is -0.481 e. The second-order valence-electron chi connectivity index (χ2n) is 6.67. The average Bonchev–Trinajstić information content (AvgIpc) is 3.03. The summed E-state index contributed by atoms with van der Waals surface area (Å²) < 4.78 is 11.0. The molecule has 8 heteroatoms. The molecule has 0 aliphatic carbocycles. The van der Waals surface area contributed by atoms with Crippen molar-refractivity contribution in [1.82, 2.24) is 4.90 Å². The number of esters is 1. The number of amidine groups is 1. The van der Waals surface area contributed by atoms with Crippen molar-refractivity contribution in [3.05, 3.63) is 63.0 Å². The Morgan fingerprint density at radius 1 is 1.19 bits per heavy atom. The smallest absolute Gasteiger partial charge is 0.344 e. The standard InChI is InChI=1S/C23H23BrN2O4S/c1-4-26-22(28)20(31-23(26)25-17-9-6-15(3)7-10-17)13-16-8-11-19(18(24)12-16)30-14-21(27)29-5-2/h6-13H,4-5,14H2,1-3H3/b20-13+,25-23?. The molecule has 1 fully saturated rings. The molecule has 1 heterocycles. The van der Waals surface area contributed by atoms with Crippen LogP contribution in [0.25, 0.3) is 6.08 Å². The van der Waals surface area contributed by atoms with Crippen molar-refractivity contribution in [2.24, 2.45) is 4.99 Å². The number of benzene rings is 2. The highest BCUT2D eigenvalue weighted by molar-refractivity contribution is 9.10. The Morgan fingerprint density at radius 3 is 2.58 bits per heavy atom. The quantitative estimate of drug-likeness (QED) is 0.378. The highest BCUT2D eigenvalue weighted by Gasteiger charge is 2.32. The van der Waals surface area contributed by atoms with Gasteiger partial charge in [-0.2, -0.15) is 0 Å². The SMILES string of the molecule is CCOC(=O)COc1ccc(/C=C2/SC(=Nc3ccc(C)cc3)N(CC)C2=O)cc1Br. The molecule has 0 bridgehead atoms. The van der Waals surface area contributed by atoms with Crippen LogP contribution in [0.5, 0.6) is 5.75 Å². The third kappa shape index (κ3) is 5.98. The van der Waals surface area contributed by atoms with E-state index in [4.69, 9.17) is 9.47 Å². The van der Waals surface area contributed by atoms with Crippen LogP contribution in [-0.4, -0.2) is 41.7 Å². The Labute approximate surface area is 194 Å². The fraction of sp³-hybridized carbons (Fsp3) is 0.261. The van der Waals surface area contributed by atoms with E-state index in [1.54, 1.807) is 17.9 Å². The number of nitrogens with zero attached hydrogens (tertiary/aromatic N) is 2. The molecule has 162 valence electrons. The van der Waals surface area contributed by atoms with Crippen LogP contribution >= 0.6 is 27.7 Å². The lowest BCUT2D eigenvalue weighted by Crippen LogP contribution is -2.28. The van der Waals surface area contributed by atoms with E-state index in [2.05, 4.69) is 20.9 Å². The van der Waals surface area contributed by atoms with Crippen molar-refractivity contribution in [3.8, 4) is 5.75 Å². The number of hydrogen-bond donors (Lipinski definition) is 0. The summed E-state index contributed by atoms with van der Waals surface area (Å²) in [5.74, 6) is 0.0307. The molecule has 0 aromatic heterocycles. The van der Waals surface area contributed by atoms with Gasteiger partial charge in [-0.1, -0.05) is 23.8 Å². The van der Waals surface area contributed by atoms with E-state index in [0.29, 0.717) is 33.4 Å². The van der Waals surface area contributed by atoms with Gasteiger partial charge < -0.3 is 9.47 Å². The predicted molar refractivity (Wildman–Crippen MR) is 127 cm³/mol. The number of hydrogen-bond acceptors (Lipinski definition) is 6. The van der Waals surface area contributed by atoms with Crippen molar-refractivity contribution < 1.29 is 19.1 Å².